The van der Waals surface area contributed by atoms with E-state index in [4.69, 9.17) is 0 Å². The average Bonchev–Trinajstić information content (AvgIpc) is 2.45. The molecule has 2 rings (SSSR count). The van der Waals surface area contributed by atoms with Gasteiger partial charge in [0.2, 0.25) is 0 Å². The molecular formula is C14H11NO4S. The second-order valence-corrected chi connectivity index (χ2v) is 5.18. The Morgan fingerprint density at radius 2 is 1.70 bits per heavy atom. The molecule has 0 aliphatic carbocycles. The van der Waals surface area contributed by atoms with Gasteiger partial charge in [0.25, 0.3) is 5.69 Å². The molecular weight excluding hydrogens is 278 g/mol. The van der Waals surface area contributed by atoms with Gasteiger partial charge in [-0.25, -0.2) is 0 Å². The van der Waals surface area contributed by atoms with Gasteiger partial charge in [-0.3, -0.25) is 14.9 Å². The van der Waals surface area contributed by atoms with Crippen LogP contribution in [0.2, 0.25) is 0 Å². The predicted octanol–water partition coefficient (Wildman–Crippen LogP) is 3.51. The first kappa shape index (κ1) is 14.1. The van der Waals surface area contributed by atoms with Crippen LogP contribution >= 0.6 is 11.8 Å². The lowest BCUT2D eigenvalue weighted by Crippen LogP contribution is -2.07. The first-order valence-corrected chi connectivity index (χ1v) is 6.65. The molecule has 5 nitrogen and oxygen atoms in total. The summed E-state index contributed by atoms with van der Waals surface area (Å²) in [6, 6.07) is 14.8. The number of carboxylic acids is 1. The number of carbonyl (C=O) groups is 1. The molecule has 0 amide bonds. The lowest BCUT2D eigenvalue weighted by Gasteiger charge is -2.12. The molecule has 0 heterocycles. The van der Waals surface area contributed by atoms with Crippen LogP contribution in [0.4, 0.5) is 5.69 Å². The third kappa shape index (κ3) is 3.36. The van der Waals surface area contributed by atoms with Crippen LogP contribution in [-0.4, -0.2) is 16.0 Å². The van der Waals surface area contributed by atoms with Gasteiger partial charge in [0.1, 0.15) is 5.25 Å². The second-order valence-electron chi connectivity index (χ2n) is 4.00. The van der Waals surface area contributed by atoms with Crippen molar-refractivity contribution in [2.24, 2.45) is 0 Å². The summed E-state index contributed by atoms with van der Waals surface area (Å²) in [7, 11) is 0. The van der Waals surface area contributed by atoms with Crippen molar-refractivity contribution >= 4 is 23.4 Å². The van der Waals surface area contributed by atoms with Gasteiger partial charge in [-0.15, -0.1) is 11.8 Å². The number of nitro benzene ring substituents is 1. The first-order valence-electron chi connectivity index (χ1n) is 5.77. The second kappa shape index (κ2) is 6.21. The summed E-state index contributed by atoms with van der Waals surface area (Å²) < 4.78 is 0. The summed E-state index contributed by atoms with van der Waals surface area (Å²) in [5.41, 5.74) is 0.472. The maximum absolute atomic E-state index is 11.4. The van der Waals surface area contributed by atoms with Gasteiger partial charge < -0.3 is 5.11 Å². The van der Waals surface area contributed by atoms with E-state index < -0.39 is 16.1 Å². The molecule has 0 aliphatic rings. The molecule has 0 saturated carbocycles. The molecule has 20 heavy (non-hydrogen) atoms. The highest BCUT2D eigenvalue weighted by molar-refractivity contribution is 8.00. The topological polar surface area (TPSA) is 80.4 Å². The lowest BCUT2D eigenvalue weighted by molar-refractivity contribution is -0.384. The Balaban J connectivity index is 2.25. The van der Waals surface area contributed by atoms with Crippen molar-refractivity contribution in [3.63, 3.8) is 0 Å². The minimum Gasteiger partial charge on any atom is -0.480 e. The van der Waals surface area contributed by atoms with E-state index in [0.29, 0.717) is 5.56 Å². The van der Waals surface area contributed by atoms with E-state index in [0.717, 1.165) is 4.90 Å². The molecule has 0 aliphatic heterocycles. The van der Waals surface area contributed by atoms with Gasteiger partial charge in [0.15, 0.2) is 0 Å². The Kier molecular flexibility index (Phi) is 4.37. The largest absolute Gasteiger partial charge is 0.480 e. The van der Waals surface area contributed by atoms with Gasteiger partial charge >= 0.3 is 5.97 Å². The van der Waals surface area contributed by atoms with E-state index in [-0.39, 0.29) is 5.69 Å². The van der Waals surface area contributed by atoms with E-state index in [9.17, 15) is 20.0 Å². The van der Waals surface area contributed by atoms with E-state index in [2.05, 4.69) is 0 Å². The zero-order chi connectivity index (χ0) is 14.5. The van der Waals surface area contributed by atoms with E-state index in [1.54, 1.807) is 0 Å². The summed E-state index contributed by atoms with van der Waals surface area (Å²) in [5, 5.41) is 19.1. The molecule has 0 aromatic heterocycles. The number of hydrogen-bond acceptors (Lipinski definition) is 4. The maximum atomic E-state index is 11.4. The fourth-order valence-corrected chi connectivity index (χ4v) is 2.65. The number of rotatable bonds is 5. The highest BCUT2D eigenvalue weighted by atomic mass is 32.2. The number of benzene rings is 2. The van der Waals surface area contributed by atoms with Gasteiger partial charge in [-0.1, -0.05) is 30.3 Å². The standard InChI is InChI=1S/C14H11NO4S/c16-14(17)13(20-12-4-2-1-3-5-12)10-6-8-11(9-7-10)15(18)19/h1-9,13H,(H,16,17). The van der Waals surface area contributed by atoms with Gasteiger partial charge in [0.05, 0.1) is 4.92 Å². The third-order valence-electron chi connectivity index (χ3n) is 2.63. The summed E-state index contributed by atoms with van der Waals surface area (Å²) >= 11 is 1.19. The molecule has 1 N–H and O–H groups in total. The normalized spacial score (nSPS) is 11.8. The number of nitro groups is 1. The first-order chi connectivity index (χ1) is 9.58. The van der Waals surface area contributed by atoms with Crippen molar-refractivity contribution in [1.82, 2.24) is 0 Å². The van der Waals surface area contributed by atoms with Crippen LogP contribution in [0.1, 0.15) is 10.8 Å². The molecule has 102 valence electrons. The average molecular weight is 289 g/mol. The van der Waals surface area contributed by atoms with Crippen molar-refractivity contribution in [2.75, 3.05) is 0 Å². The van der Waals surface area contributed by atoms with Gasteiger partial charge in [-0.2, -0.15) is 0 Å². The number of non-ortho nitro benzene ring substituents is 1. The molecule has 0 bridgehead atoms. The van der Waals surface area contributed by atoms with E-state index >= 15 is 0 Å². The van der Waals surface area contributed by atoms with Crippen molar-refractivity contribution in [3.05, 3.63) is 70.3 Å². The third-order valence-corrected chi connectivity index (χ3v) is 3.88. The van der Waals surface area contributed by atoms with Crippen LogP contribution in [0.25, 0.3) is 0 Å². The van der Waals surface area contributed by atoms with Crippen LogP contribution < -0.4 is 0 Å². The highest BCUT2D eigenvalue weighted by Gasteiger charge is 2.21. The Labute approximate surface area is 119 Å². The number of thioether (sulfide) groups is 1. The van der Waals surface area contributed by atoms with E-state index in [1.807, 2.05) is 30.3 Å². The van der Waals surface area contributed by atoms with Crippen LogP contribution in [-0.2, 0) is 4.79 Å². The fourth-order valence-electron chi connectivity index (χ4n) is 1.67. The van der Waals surface area contributed by atoms with Crippen molar-refractivity contribution in [3.8, 4) is 0 Å². The molecule has 0 radical (unpaired) electrons. The monoisotopic (exact) mass is 289 g/mol. The van der Waals surface area contributed by atoms with Crippen LogP contribution in [0.5, 0.6) is 0 Å². The minimum absolute atomic E-state index is 0.0531. The summed E-state index contributed by atoms with van der Waals surface area (Å²) in [4.78, 5) is 22.3. The lowest BCUT2D eigenvalue weighted by atomic mass is 10.1. The zero-order valence-electron chi connectivity index (χ0n) is 10.3. The summed E-state index contributed by atoms with van der Waals surface area (Å²) in [6.45, 7) is 0. The SMILES string of the molecule is O=C(O)C(Sc1ccccc1)c1ccc([N+](=O)[O-])cc1. The zero-order valence-corrected chi connectivity index (χ0v) is 11.1. The van der Waals surface area contributed by atoms with E-state index in [1.165, 1.54) is 36.0 Å². The van der Waals surface area contributed by atoms with Gasteiger partial charge in [0, 0.05) is 17.0 Å². The fraction of sp³-hybridized carbons (Fsp3) is 0.0714. The molecule has 0 spiro atoms. The molecule has 1 unspecified atom stereocenters. The summed E-state index contributed by atoms with van der Waals surface area (Å²) in [6.07, 6.45) is 0. The molecule has 2 aromatic rings. The molecule has 2 aromatic carbocycles. The van der Waals surface area contributed by atoms with Crippen LogP contribution in [0.3, 0.4) is 0 Å². The molecule has 1 atom stereocenters. The molecule has 6 heteroatoms. The number of hydrogen-bond donors (Lipinski definition) is 1. The van der Waals surface area contributed by atoms with Crippen LogP contribution in [0.15, 0.2) is 59.5 Å². The maximum Gasteiger partial charge on any atom is 0.321 e. The Morgan fingerprint density at radius 1 is 1.10 bits per heavy atom. The Morgan fingerprint density at radius 3 is 2.20 bits per heavy atom. The minimum atomic E-state index is -0.979. The quantitative estimate of drug-likeness (QED) is 0.517. The highest BCUT2D eigenvalue weighted by Crippen LogP contribution is 2.35. The number of aliphatic carboxylic acids is 1. The smallest absolute Gasteiger partial charge is 0.321 e. The summed E-state index contributed by atoms with van der Waals surface area (Å²) in [5.74, 6) is -0.979. The number of carboxylic acid groups (broad SMARTS) is 1. The predicted molar refractivity (Wildman–Crippen MR) is 75.8 cm³/mol. The van der Waals surface area contributed by atoms with Gasteiger partial charge in [-0.05, 0) is 17.7 Å². The van der Waals surface area contributed by atoms with Crippen molar-refractivity contribution < 1.29 is 14.8 Å². The Bertz CT molecular complexity index is 613. The van der Waals surface area contributed by atoms with Crippen molar-refractivity contribution in [1.29, 1.82) is 0 Å². The van der Waals surface area contributed by atoms with Crippen molar-refractivity contribution in [2.45, 2.75) is 10.1 Å². The van der Waals surface area contributed by atoms with Crippen LogP contribution in [0, 0.1) is 10.1 Å². The Hall–Kier alpha value is -2.34. The molecule has 0 saturated heterocycles. The number of nitrogens with zero attached hydrogens (tertiary/aromatic N) is 1. The molecule has 0 fully saturated rings.